The Balaban J connectivity index is 1.95. The summed E-state index contributed by atoms with van der Waals surface area (Å²) in [6.07, 6.45) is 0. The zero-order chi connectivity index (χ0) is 12.8. The van der Waals surface area contributed by atoms with Crippen molar-refractivity contribution in [2.75, 3.05) is 0 Å². The van der Waals surface area contributed by atoms with Crippen molar-refractivity contribution in [2.45, 2.75) is 10.8 Å². The Morgan fingerprint density at radius 2 is 1.72 bits per heavy atom. The summed E-state index contributed by atoms with van der Waals surface area (Å²) in [5.74, 6) is 0.0821. The van der Waals surface area contributed by atoms with Crippen LogP contribution in [0.1, 0.15) is 15.9 Å². The minimum absolute atomic E-state index is 0.357. The van der Waals surface area contributed by atoms with Crippen LogP contribution in [0.5, 0.6) is 0 Å². The molecular weight excluding hydrogens is 268 g/mol. The van der Waals surface area contributed by atoms with Crippen molar-refractivity contribution < 1.29 is 8.98 Å². The summed E-state index contributed by atoms with van der Waals surface area (Å²) in [7, 11) is 0. The van der Waals surface area contributed by atoms with E-state index in [0.29, 0.717) is 11.4 Å². The molecule has 0 N–H and O–H groups in total. The molecule has 0 aliphatic carbocycles. The summed E-state index contributed by atoms with van der Waals surface area (Å²) in [4.78, 5) is 12.6. The van der Waals surface area contributed by atoms with Crippen LogP contribution in [0.15, 0.2) is 59.5 Å². The van der Waals surface area contributed by atoms with Crippen LogP contribution >= 0.6 is 23.6 Å². The van der Waals surface area contributed by atoms with E-state index in [2.05, 4.69) is 0 Å². The van der Waals surface area contributed by atoms with Crippen LogP contribution < -0.4 is 0 Å². The first-order valence-corrected chi connectivity index (χ1v) is 6.66. The Bertz CT molecular complexity index is 511. The van der Waals surface area contributed by atoms with E-state index in [-0.39, 0.29) is 5.97 Å². The van der Waals surface area contributed by atoms with E-state index in [1.807, 2.05) is 42.5 Å². The fourth-order valence-electron chi connectivity index (χ4n) is 1.34. The third-order valence-electron chi connectivity index (χ3n) is 2.30. The van der Waals surface area contributed by atoms with Crippen molar-refractivity contribution in [3.05, 3.63) is 65.7 Å². The molecule has 92 valence electrons. The molecule has 18 heavy (non-hydrogen) atoms. The van der Waals surface area contributed by atoms with E-state index in [0.717, 1.165) is 22.5 Å². The maximum Gasteiger partial charge on any atom is 0.350 e. The van der Waals surface area contributed by atoms with Crippen LogP contribution in [0.3, 0.4) is 0 Å². The molecule has 0 saturated heterocycles. The fraction of sp³-hybridized carbons (Fsp3) is 0.0714. The molecule has 0 fully saturated rings. The van der Waals surface area contributed by atoms with Gasteiger partial charge in [-0.3, -0.25) is 0 Å². The Hall–Kier alpha value is -1.45. The average Bonchev–Trinajstić information content (AvgIpc) is 2.46. The maximum atomic E-state index is 11.7. The van der Waals surface area contributed by atoms with Crippen LogP contribution in [0.4, 0.5) is 0 Å². The van der Waals surface area contributed by atoms with Crippen LogP contribution in [0.2, 0.25) is 0 Å². The molecule has 0 aliphatic rings. The van der Waals surface area contributed by atoms with Crippen molar-refractivity contribution in [3.8, 4) is 0 Å². The molecule has 4 heteroatoms. The van der Waals surface area contributed by atoms with E-state index in [9.17, 15) is 4.79 Å². The molecule has 0 unspecified atom stereocenters. The van der Waals surface area contributed by atoms with Crippen LogP contribution in [0.25, 0.3) is 0 Å². The molecule has 0 radical (unpaired) electrons. The molecule has 2 nitrogen and oxygen atoms in total. The number of carbonyl (C=O) groups is 1. The van der Waals surface area contributed by atoms with Gasteiger partial charge in [0.05, 0.1) is 17.6 Å². The van der Waals surface area contributed by atoms with Gasteiger partial charge in [0.15, 0.2) is 0 Å². The molecule has 0 aliphatic heterocycles. The molecular formula is C14H11ClO2S. The first-order chi connectivity index (χ1) is 8.79. The summed E-state index contributed by atoms with van der Waals surface area (Å²) in [6.45, 7) is 0. The first kappa shape index (κ1) is 13.0. The predicted octanol–water partition coefficient (Wildman–Crippen LogP) is 4.29. The highest BCUT2D eigenvalue weighted by Gasteiger charge is 2.08. The zero-order valence-corrected chi connectivity index (χ0v) is 11.1. The van der Waals surface area contributed by atoms with Crippen LogP contribution in [-0.4, -0.2) is 5.97 Å². The van der Waals surface area contributed by atoms with Gasteiger partial charge in [0, 0.05) is 10.8 Å². The highest BCUT2D eigenvalue weighted by molar-refractivity contribution is 7.95. The van der Waals surface area contributed by atoms with Crippen molar-refractivity contribution in [2.24, 2.45) is 0 Å². The van der Waals surface area contributed by atoms with Crippen molar-refractivity contribution in [3.63, 3.8) is 0 Å². The number of halogens is 1. The second-order valence-electron chi connectivity index (χ2n) is 3.60. The van der Waals surface area contributed by atoms with Gasteiger partial charge in [-0.15, -0.1) is 11.6 Å². The number of hydrogen-bond donors (Lipinski definition) is 0. The van der Waals surface area contributed by atoms with E-state index in [4.69, 9.17) is 15.8 Å². The molecule has 0 aromatic heterocycles. The van der Waals surface area contributed by atoms with Crippen molar-refractivity contribution in [1.29, 1.82) is 0 Å². The molecule has 2 rings (SSSR count). The average molecular weight is 279 g/mol. The number of carbonyl (C=O) groups excluding carboxylic acids is 1. The number of benzene rings is 2. The number of hydrogen-bond acceptors (Lipinski definition) is 3. The van der Waals surface area contributed by atoms with Gasteiger partial charge in [0.25, 0.3) is 0 Å². The molecule has 2 aromatic rings. The van der Waals surface area contributed by atoms with Gasteiger partial charge >= 0.3 is 5.97 Å². The van der Waals surface area contributed by atoms with Gasteiger partial charge in [-0.1, -0.05) is 30.3 Å². The highest BCUT2D eigenvalue weighted by atomic mass is 35.5. The van der Waals surface area contributed by atoms with Gasteiger partial charge < -0.3 is 4.18 Å². The molecule has 0 bridgehead atoms. The standard InChI is InChI=1S/C14H11ClO2S/c15-10-11-6-8-12(9-7-11)14(16)17-18-13-4-2-1-3-5-13/h1-9H,10H2. The molecule has 0 amide bonds. The fourth-order valence-corrected chi connectivity index (χ4v) is 2.05. The largest absolute Gasteiger partial charge is 0.382 e. The first-order valence-electron chi connectivity index (χ1n) is 5.38. The highest BCUT2D eigenvalue weighted by Crippen LogP contribution is 2.20. The molecule has 0 spiro atoms. The molecule has 2 aromatic carbocycles. The topological polar surface area (TPSA) is 26.3 Å². The van der Waals surface area contributed by atoms with Crippen molar-refractivity contribution >= 4 is 29.6 Å². The molecule has 0 saturated carbocycles. The van der Waals surface area contributed by atoms with Crippen LogP contribution in [-0.2, 0) is 10.1 Å². The van der Waals surface area contributed by atoms with E-state index >= 15 is 0 Å². The maximum absolute atomic E-state index is 11.7. The van der Waals surface area contributed by atoms with E-state index in [1.54, 1.807) is 12.1 Å². The SMILES string of the molecule is O=C(OSc1ccccc1)c1ccc(CCl)cc1. The summed E-state index contributed by atoms with van der Waals surface area (Å²) < 4.78 is 5.13. The van der Waals surface area contributed by atoms with Crippen molar-refractivity contribution in [1.82, 2.24) is 0 Å². The summed E-state index contributed by atoms with van der Waals surface area (Å²) >= 11 is 6.74. The lowest BCUT2D eigenvalue weighted by atomic mass is 10.1. The second kappa shape index (κ2) is 6.47. The number of rotatable bonds is 4. The lowest BCUT2D eigenvalue weighted by Gasteiger charge is -2.03. The third kappa shape index (κ3) is 3.52. The Labute approximate surface area is 115 Å². The minimum atomic E-state index is -0.357. The Morgan fingerprint density at radius 1 is 1.06 bits per heavy atom. The summed E-state index contributed by atoms with van der Waals surface area (Å²) in [5.41, 5.74) is 1.50. The van der Waals surface area contributed by atoms with E-state index < -0.39 is 0 Å². The predicted molar refractivity (Wildman–Crippen MR) is 73.7 cm³/mol. The zero-order valence-electron chi connectivity index (χ0n) is 9.51. The summed E-state index contributed by atoms with van der Waals surface area (Å²) in [5, 5.41) is 0. The molecule has 0 heterocycles. The van der Waals surface area contributed by atoms with Gasteiger partial charge in [0.2, 0.25) is 0 Å². The quantitative estimate of drug-likeness (QED) is 0.616. The summed E-state index contributed by atoms with van der Waals surface area (Å²) in [6, 6.07) is 16.5. The lowest BCUT2D eigenvalue weighted by Crippen LogP contribution is -1.99. The van der Waals surface area contributed by atoms with E-state index in [1.165, 1.54) is 0 Å². The lowest BCUT2D eigenvalue weighted by molar-refractivity contribution is 0.0768. The van der Waals surface area contributed by atoms with Crippen LogP contribution in [0, 0.1) is 0 Å². The normalized spacial score (nSPS) is 10.1. The number of alkyl halides is 1. The Kier molecular flexibility index (Phi) is 4.67. The van der Waals surface area contributed by atoms with Gasteiger partial charge in [-0.05, 0) is 29.8 Å². The van der Waals surface area contributed by atoms with Gasteiger partial charge in [-0.2, -0.15) is 0 Å². The minimum Gasteiger partial charge on any atom is -0.382 e. The monoisotopic (exact) mass is 278 g/mol. The Morgan fingerprint density at radius 3 is 2.33 bits per heavy atom. The van der Waals surface area contributed by atoms with Gasteiger partial charge in [0.1, 0.15) is 0 Å². The molecule has 0 atom stereocenters. The second-order valence-corrected chi connectivity index (χ2v) is 4.67. The smallest absolute Gasteiger partial charge is 0.350 e. The third-order valence-corrected chi connectivity index (χ3v) is 3.31. The van der Waals surface area contributed by atoms with Gasteiger partial charge in [-0.25, -0.2) is 4.79 Å².